The molecule has 0 aromatic carbocycles. The van der Waals surface area contributed by atoms with Crippen LogP contribution in [0.5, 0.6) is 0 Å². The molecule has 1 heterocycles. The Bertz CT molecular complexity index is 169. The molecule has 0 spiro atoms. The van der Waals surface area contributed by atoms with Gasteiger partial charge in [0.25, 0.3) is 0 Å². The summed E-state index contributed by atoms with van der Waals surface area (Å²) in [7, 11) is 2.03. The van der Waals surface area contributed by atoms with Gasteiger partial charge in [-0.2, -0.15) is 0 Å². The fourth-order valence-corrected chi connectivity index (χ4v) is 2.46. The van der Waals surface area contributed by atoms with Gasteiger partial charge in [0.2, 0.25) is 0 Å². The predicted molar refractivity (Wildman–Crippen MR) is 55.4 cm³/mol. The Morgan fingerprint density at radius 3 is 2.93 bits per heavy atom. The lowest BCUT2D eigenvalue weighted by Crippen LogP contribution is -2.36. The third kappa shape index (κ3) is 2.47. The van der Waals surface area contributed by atoms with Gasteiger partial charge < -0.3 is 14.8 Å². The molecule has 0 aromatic rings. The Hall–Kier alpha value is -0.120. The van der Waals surface area contributed by atoms with Gasteiger partial charge in [0.1, 0.15) is 0 Å². The lowest BCUT2D eigenvalue weighted by Gasteiger charge is -2.21. The number of ether oxygens (including phenoxy) is 2. The number of nitrogens with one attached hydrogen (secondary N) is 1. The van der Waals surface area contributed by atoms with Crippen LogP contribution in [-0.4, -0.2) is 38.5 Å². The molecular weight excluding hydrogens is 178 g/mol. The number of rotatable bonds is 4. The maximum absolute atomic E-state index is 5.90. The van der Waals surface area contributed by atoms with Gasteiger partial charge in [-0.25, -0.2) is 0 Å². The standard InChI is InChI=1S/C11H21NO2/c1-12-10-5-2-6-11(10)14-8-9-4-3-7-13-9/h9-12H,2-8H2,1H3. The highest BCUT2D eigenvalue weighted by Gasteiger charge is 2.27. The maximum Gasteiger partial charge on any atom is 0.0809 e. The lowest BCUT2D eigenvalue weighted by molar-refractivity contribution is -0.0256. The number of hydrogen-bond acceptors (Lipinski definition) is 3. The first-order chi connectivity index (χ1) is 6.90. The fraction of sp³-hybridized carbons (Fsp3) is 1.00. The van der Waals surface area contributed by atoms with Crippen molar-refractivity contribution in [3.05, 3.63) is 0 Å². The second kappa shape index (κ2) is 5.10. The monoisotopic (exact) mass is 199 g/mol. The van der Waals surface area contributed by atoms with Gasteiger partial charge in [-0.1, -0.05) is 0 Å². The van der Waals surface area contributed by atoms with Crippen molar-refractivity contribution >= 4 is 0 Å². The van der Waals surface area contributed by atoms with Gasteiger partial charge in [-0.15, -0.1) is 0 Å². The Kier molecular flexibility index (Phi) is 3.79. The third-order valence-corrected chi connectivity index (χ3v) is 3.34. The van der Waals surface area contributed by atoms with E-state index in [0.717, 1.165) is 13.2 Å². The molecular formula is C11H21NO2. The van der Waals surface area contributed by atoms with E-state index in [4.69, 9.17) is 9.47 Å². The van der Waals surface area contributed by atoms with Crippen LogP contribution in [0.1, 0.15) is 32.1 Å². The molecule has 3 nitrogen and oxygen atoms in total. The van der Waals surface area contributed by atoms with E-state index in [1.165, 1.54) is 32.1 Å². The Morgan fingerprint density at radius 1 is 1.29 bits per heavy atom. The molecule has 0 radical (unpaired) electrons. The Morgan fingerprint density at radius 2 is 2.21 bits per heavy atom. The van der Waals surface area contributed by atoms with Crippen LogP contribution in [0.3, 0.4) is 0 Å². The molecule has 14 heavy (non-hydrogen) atoms. The molecule has 1 saturated heterocycles. The quantitative estimate of drug-likeness (QED) is 0.741. The van der Waals surface area contributed by atoms with Crippen LogP contribution in [0.25, 0.3) is 0 Å². The molecule has 0 aromatic heterocycles. The minimum absolute atomic E-state index is 0.369. The first-order valence-corrected chi connectivity index (χ1v) is 5.80. The average molecular weight is 199 g/mol. The Balaban J connectivity index is 1.68. The van der Waals surface area contributed by atoms with Crippen molar-refractivity contribution in [2.45, 2.75) is 50.4 Å². The van der Waals surface area contributed by atoms with Crippen molar-refractivity contribution in [3.63, 3.8) is 0 Å². The molecule has 82 valence electrons. The summed E-state index contributed by atoms with van der Waals surface area (Å²) in [6, 6.07) is 0.566. The maximum atomic E-state index is 5.90. The fourth-order valence-electron chi connectivity index (χ4n) is 2.46. The van der Waals surface area contributed by atoms with Crippen molar-refractivity contribution in [2.24, 2.45) is 0 Å². The highest BCUT2D eigenvalue weighted by atomic mass is 16.5. The normalized spacial score (nSPS) is 37.9. The van der Waals surface area contributed by atoms with Crippen LogP contribution in [-0.2, 0) is 9.47 Å². The van der Waals surface area contributed by atoms with Crippen LogP contribution in [0.4, 0.5) is 0 Å². The van der Waals surface area contributed by atoms with Gasteiger partial charge >= 0.3 is 0 Å². The molecule has 1 aliphatic heterocycles. The van der Waals surface area contributed by atoms with Crippen LogP contribution >= 0.6 is 0 Å². The molecule has 1 N–H and O–H groups in total. The minimum Gasteiger partial charge on any atom is -0.376 e. The topological polar surface area (TPSA) is 30.5 Å². The summed E-state index contributed by atoms with van der Waals surface area (Å²) < 4.78 is 11.4. The van der Waals surface area contributed by atoms with E-state index in [0.29, 0.717) is 18.2 Å². The first kappa shape index (κ1) is 10.4. The molecule has 3 unspecified atom stereocenters. The Labute approximate surface area is 86.2 Å². The van der Waals surface area contributed by atoms with E-state index < -0.39 is 0 Å². The van der Waals surface area contributed by atoms with Crippen LogP contribution in [0.2, 0.25) is 0 Å². The molecule has 0 bridgehead atoms. The predicted octanol–water partition coefficient (Wildman–Crippen LogP) is 1.32. The van der Waals surface area contributed by atoms with E-state index in [1.807, 2.05) is 7.05 Å². The summed E-state index contributed by atoms with van der Waals surface area (Å²) in [6.07, 6.45) is 6.93. The first-order valence-electron chi connectivity index (χ1n) is 5.80. The van der Waals surface area contributed by atoms with Crippen LogP contribution in [0, 0.1) is 0 Å². The van der Waals surface area contributed by atoms with Crippen LogP contribution in [0.15, 0.2) is 0 Å². The zero-order chi connectivity index (χ0) is 9.80. The van der Waals surface area contributed by atoms with E-state index >= 15 is 0 Å². The molecule has 3 atom stereocenters. The molecule has 2 rings (SSSR count). The molecule has 2 aliphatic rings. The summed E-state index contributed by atoms with van der Waals surface area (Å²) in [5.41, 5.74) is 0. The average Bonchev–Trinajstić information content (AvgIpc) is 2.85. The lowest BCUT2D eigenvalue weighted by atomic mass is 10.2. The van der Waals surface area contributed by atoms with Crippen LogP contribution < -0.4 is 5.32 Å². The van der Waals surface area contributed by atoms with Crippen molar-refractivity contribution < 1.29 is 9.47 Å². The van der Waals surface area contributed by atoms with Gasteiger partial charge in [0.15, 0.2) is 0 Å². The minimum atomic E-state index is 0.369. The summed E-state index contributed by atoms with van der Waals surface area (Å²) in [6.45, 7) is 1.72. The van der Waals surface area contributed by atoms with E-state index in [9.17, 15) is 0 Å². The third-order valence-electron chi connectivity index (χ3n) is 3.34. The highest BCUT2D eigenvalue weighted by molar-refractivity contribution is 4.83. The van der Waals surface area contributed by atoms with Crippen molar-refractivity contribution in [1.29, 1.82) is 0 Å². The second-order valence-corrected chi connectivity index (χ2v) is 4.33. The van der Waals surface area contributed by atoms with Gasteiger partial charge in [-0.05, 0) is 39.2 Å². The smallest absolute Gasteiger partial charge is 0.0809 e. The van der Waals surface area contributed by atoms with Gasteiger partial charge in [0, 0.05) is 12.6 Å². The largest absolute Gasteiger partial charge is 0.376 e. The summed E-state index contributed by atoms with van der Waals surface area (Å²) in [5.74, 6) is 0. The van der Waals surface area contributed by atoms with E-state index in [-0.39, 0.29) is 0 Å². The SMILES string of the molecule is CNC1CCCC1OCC1CCCO1. The molecule has 3 heteroatoms. The molecule has 1 saturated carbocycles. The summed E-state index contributed by atoms with van der Waals surface area (Å²) >= 11 is 0. The molecule has 0 amide bonds. The summed E-state index contributed by atoms with van der Waals surface area (Å²) in [4.78, 5) is 0. The summed E-state index contributed by atoms with van der Waals surface area (Å²) in [5, 5.41) is 3.32. The van der Waals surface area contributed by atoms with E-state index in [1.54, 1.807) is 0 Å². The molecule has 2 fully saturated rings. The number of likely N-dealkylation sites (N-methyl/N-ethyl adjacent to an activating group) is 1. The van der Waals surface area contributed by atoms with E-state index in [2.05, 4.69) is 5.32 Å². The highest BCUT2D eigenvalue weighted by Crippen LogP contribution is 2.23. The zero-order valence-electron chi connectivity index (χ0n) is 9.00. The van der Waals surface area contributed by atoms with Crippen molar-refractivity contribution in [2.75, 3.05) is 20.3 Å². The van der Waals surface area contributed by atoms with Crippen molar-refractivity contribution in [1.82, 2.24) is 5.32 Å². The van der Waals surface area contributed by atoms with Gasteiger partial charge in [-0.3, -0.25) is 0 Å². The zero-order valence-corrected chi connectivity index (χ0v) is 9.00. The molecule has 1 aliphatic carbocycles. The second-order valence-electron chi connectivity index (χ2n) is 4.33. The number of hydrogen-bond donors (Lipinski definition) is 1. The van der Waals surface area contributed by atoms with Gasteiger partial charge in [0.05, 0.1) is 18.8 Å². The van der Waals surface area contributed by atoms with Crippen molar-refractivity contribution in [3.8, 4) is 0 Å².